The zero-order valence-corrected chi connectivity index (χ0v) is 7.16. The third-order valence-electron chi connectivity index (χ3n) is 1.80. The molecular weight excluding hydrogens is 158 g/mol. The average Bonchev–Trinajstić information content (AvgIpc) is 2.04. The molecule has 0 bridgehead atoms. The molecule has 1 heterocycles. The molecule has 0 aromatic heterocycles. The maximum atomic E-state index is 10.8. The van der Waals surface area contributed by atoms with Crippen LogP contribution in [0.5, 0.6) is 0 Å². The van der Waals surface area contributed by atoms with Crippen LogP contribution >= 0.6 is 0 Å². The molecule has 4 heteroatoms. The molecule has 1 fully saturated rings. The Balaban J connectivity index is 2.31. The fourth-order valence-corrected chi connectivity index (χ4v) is 1.20. The minimum atomic E-state index is -0.195. The van der Waals surface area contributed by atoms with Crippen molar-refractivity contribution in [1.82, 2.24) is 4.90 Å². The van der Waals surface area contributed by atoms with Crippen LogP contribution in [0.1, 0.15) is 6.92 Å². The number of hydrogen-bond donors (Lipinski definition) is 0. The number of carbonyl (C=O) groups is 2. The van der Waals surface area contributed by atoms with E-state index in [0.29, 0.717) is 19.7 Å². The van der Waals surface area contributed by atoms with Crippen molar-refractivity contribution in [2.45, 2.75) is 6.92 Å². The highest BCUT2D eigenvalue weighted by Crippen LogP contribution is 2.01. The van der Waals surface area contributed by atoms with Gasteiger partial charge in [-0.05, 0) is 0 Å². The van der Waals surface area contributed by atoms with Gasteiger partial charge in [-0.2, -0.15) is 0 Å². The fraction of sp³-hybridized carbons (Fsp3) is 0.750. The number of aldehydes is 1. The van der Waals surface area contributed by atoms with Gasteiger partial charge in [0.25, 0.3) is 0 Å². The molecule has 1 rings (SSSR count). The lowest BCUT2D eigenvalue weighted by Crippen LogP contribution is -2.41. The summed E-state index contributed by atoms with van der Waals surface area (Å²) in [5.74, 6) is -0.199. The molecule has 0 N–H and O–H groups in total. The third-order valence-corrected chi connectivity index (χ3v) is 1.80. The van der Waals surface area contributed by atoms with E-state index in [1.807, 2.05) is 11.8 Å². The number of rotatable bonds is 3. The van der Waals surface area contributed by atoms with Crippen molar-refractivity contribution in [3.8, 4) is 0 Å². The second-order valence-electron chi connectivity index (χ2n) is 3.07. The summed E-state index contributed by atoms with van der Waals surface area (Å²) in [6, 6.07) is 0. The molecule has 0 aromatic carbocycles. The molecule has 1 aliphatic rings. The van der Waals surface area contributed by atoms with Gasteiger partial charge in [0.2, 0.25) is 0 Å². The number of esters is 1. The molecule has 0 saturated carbocycles. The van der Waals surface area contributed by atoms with Gasteiger partial charge in [-0.1, -0.05) is 6.92 Å². The summed E-state index contributed by atoms with van der Waals surface area (Å²) in [5, 5.41) is 0. The predicted molar refractivity (Wildman–Crippen MR) is 42.6 cm³/mol. The molecular formula is C8H13NO3. The van der Waals surface area contributed by atoms with E-state index in [-0.39, 0.29) is 11.9 Å². The zero-order valence-electron chi connectivity index (χ0n) is 7.16. The Hall–Kier alpha value is -0.900. The maximum absolute atomic E-state index is 10.8. The molecule has 1 unspecified atom stereocenters. The summed E-state index contributed by atoms with van der Waals surface area (Å²) in [5.41, 5.74) is 0. The molecule has 12 heavy (non-hydrogen) atoms. The Labute approximate surface area is 71.5 Å². The van der Waals surface area contributed by atoms with E-state index in [1.165, 1.54) is 0 Å². The van der Waals surface area contributed by atoms with Crippen molar-refractivity contribution < 1.29 is 14.3 Å². The van der Waals surface area contributed by atoms with Gasteiger partial charge in [0.05, 0.1) is 6.54 Å². The molecule has 1 aliphatic heterocycles. The summed E-state index contributed by atoms with van der Waals surface area (Å²) in [7, 11) is 0. The number of hydrogen-bond acceptors (Lipinski definition) is 4. The van der Waals surface area contributed by atoms with Crippen molar-refractivity contribution in [2.75, 3.05) is 26.2 Å². The first kappa shape index (κ1) is 9.19. The molecule has 1 atom stereocenters. The van der Waals surface area contributed by atoms with Gasteiger partial charge >= 0.3 is 5.97 Å². The fourth-order valence-electron chi connectivity index (χ4n) is 1.20. The standard InChI is InChI=1S/C8H13NO3/c1-7(6-10)4-9-2-3-12-8(11)5-9/h6-7H,2-5H2,1H3. The van der Waals surface area contributed by atoms with Gasteiger partial charge in [-0.3, -0.25) is 9.69 Å². The van der Waals surface area contributed by atoms with Crippen LogP contribution in [-0.2, 0) is 14.3 Å². The van der Waals surface area contributed by atoms with Crippen molar-refractivity contribution in [3.05, 3.63) is 0 Å². The second-order valence-corrected chi connectivity index (χ2v) is 3.07. The van der Waals surface area contributed by atoms with E-state index >= 15 is 0 Å². The molecule has 1 saturated heterocycles. The first-order valence-corrected chi connectivity index (χ1v) is 4.05. The van der Waals surface area contributed by atoms with Crippen molar-refractivity contribution in [1.29, 1.82) is 0 Å². The Morgan fingerprint density at radius 2 is 2.50 bits per heavy atom. The van der Waals surface area contributed by atoms with Crippen molar-refractivity contribution in [2.24, 2.45) is 5.92 Å². The van der Waals surface area contributed by atoms with E-state index in [9.17, 15) is 9.59 Å². The van der Waals surface area contributed by atoms with E-state index in [0.717, 1.165) is 12.8 Å². The normalized spacial score (nSPS) is 21.6. The third kappa shape index (κ3) is 2.62. The van der Waals surface area contributed by atoms with Gasteiger partial charge < -0.3 is 9.53 Å². The summed E-state index contributed by atoms with van der Waals surface area (Å²) >= 11 is 0. The smallest absolute Gasteiger partial charge is 0.320 e. The SMILES string of the molecule is CC(C=O)CN1CCOC(=O)C1. The lowest BCUT2D eigenvalue weighted by Gasteiger charge is -2.26. The van der Waals surface area contributed by atoms with E-state index in [4.69, 9.17) is 4.74 Å². The van der Waals surface area contributed by atoms with Crippen LogP contribution in [0.3, 0.4) is 0 Å². The van der Waals surface area contributed by atoms with E-state index in [1.54, 1.807) is 0 Å². The molecule has 68 valence electrons. The van der Waals surface area contributed by atoms with Gasteiger partial charge in [0.15, 0.2) is 0 Å². The highest BCUT2D eigenvalue weighted by atomic mass is 16.5. The maximum Gasteiger partial charge on any atom is 0.320 e. The molecule has 0 aliphatic carbocycles. The van der Waals surface area contributed by atoms with Gasteiger partial charge in [0.1, 0.15) is 12.9 Å². The quantitative estimate of drug-likeness (QED) is 0.431. The van der Waals surface area contributed by atoms with E-state index < -0.39 is 0 Å². The summed E-state index contributed by atoms with van der Waals surface area (Å²) < 4.78 is 4.75. The number of ether oxygens (including phenoxy) is 1. The van der Waals surface area contributed by atoms with Crippen LogP contribution in [0.4, 0.5) is 0 Å². The Morgan fingerprint density at radius 1 is 1.75 bits per heavy atom. The van der Waals surface area contributed by atoms with Crippen LogP contribution in [0, 0.1) is 5.92 Å². The molecule has 0 radical (unpaired) electrons. The number of nitrogens with zero attached hydrogens (tertiary/aromatic N) is 1. The van der Waals surface area contributed by atoms with Gasteiger partial charge in [0, 0.05) is 19.0 Å². The Kier molecular flexibility index (Phi) is 3.22. The van der Waals surface area contributed by atoms with Gasteiger partial charge in [-0.25, -0.2) is 0 Å². The molecule has 0 spiro atoms. The minimum Gasteiger partial charge on any atom is -0.463 e. The second kappa shape index (κ2) is 4.21. The van der Waals surface area contributed by atoms with Crippen LogP contribution in [0.2, 0.25) is 0 Å². The molecule has 0 aromatic rings. The monoisotopic (exact) mass is 171 g/mol. The summed E-state index contributed by atoms with van der Waals surface area (Å²) in [6.07, 6.45) is 0.903. The first-order valence-electron chi connectivity index (χ1n) is 4.05. The Bertz CT molecular complexity index is 181. The molecule has 0 amide bonds. The number of morpholine rings is 1. The van der Waals surface area contributed by atoms with Crippen LogP contribution in [0.25, 0.3) is 0 Å². The van der Waals surface area contributed by atoms with Crippen LogP contribution in [0.15, 0.2) is 0 Å². The lowest BCUT2D eigenvalue weighted by atomic mass is 10.2. The average molecular weight is 171 g/mol. The predicted octanol–water partition coefficient (Wildman–Crippen LogP) is -0.320. The minimum absolute atomic E-state index is 0.00380. The van der Waals surface area contributed by atoms with Crippen molar-refractivity contribution in [3.63, 3.8) is 0 Å². The van der Waals surface area contributed by atoms with Crippen molar-refractivity contribution >= 4 is 12.3 Å². The zero-order chi connectivity index (χ0) is 8.97. The van der Waals surface area contributed by atoms with Gasteiger partial charge in [-0.15, -0.1) is 0 Å². The van der Waals surface area contributed by atoms with E-state index in [2.05, 4.69) is 0 Å². The molecule has 4 nitrogen and oxygen atoms in total. The van der Waals surface area contributed by atoms with Crippen LogP contribution in [-0.4, -0.2) is 43.4 Å². The topological polar surface area (TPSA) is 46.6 Å². The lowest BCUT2D eigenvalue weighted by molar-refractivity contribution is -0.150. The largest absolute Gasteiger partial charge is 0.463 e. The highest BCUT2D eigenvalue weighted by molar-refractivity contribution is 5.72. The summed E-state index contributed by atoms with van der Waals surface area (Å²) in [4.78, 5) is 23.0. The first-order chi connectivity index (χ1) is 5.72. The summed E-state index contributed by atoms with van der Waals surface area (Å²) in [6.45, 7) is 4.00. The number of carbonyl (C=O) groups excluding carboxylic acids is 2. The Morgan fingerprint density at radius 3 is 3.08 bits per heavy atom. The number of cyclic esters (lactones) is 1. The highest BCUT2D eigenvalue weighted by Gasteiger charge is 2.18. The van der Waals surface area contributed by atoms with Crippen LogP contribution < -0.4 is 0 Å².